The Morgan fingerprint density at radius 1 is 1.50 bits per heavy atom. The molecule has 0 aliphatic rings. The maximum Gasteiger partial charge on any atom is 0.305 e. The number of nitrogens with zero attached hydrogens (tertiary/aromatic N) is 1. The molecule has 76 valence electrons. The van der Waals surface area contributed by atoms with Gasteiger partial charge >= 0.3 is 5.69 Å². The molecule has 14 heavy (non-hydrogen) atoms. The minimum absolute atomic E-state index is 0.554. The van der Waals surface area contributed by atoms with Crippen LogP contribution in [0.1, 0.15) is 5.56 Å². The van der Waals surface area contributed by atoms with Gasteiger partial charge in [-0.05, 0) is 6.07 Å². The van der Waals surface area contributed by atoms with Crippen LogP contribution in [0.4, 0.5) is 14.5 Å². The van der Waals surface area contributed by atoms with E-state index in [1.807, 2.05) is 0 Å². The zero-order valence-corrected chi connectivity index (χ0v) is 6.87. The fourth-order valence-electron chi connectivity index (χ4n) is 0.942. The van der Waals surface area contributed by atoms with E-state index in [9.17, 15) is 18.9 Å². The summed E-state index contributed by atoms with van der Waals surface area (Å²) in [7, 11) is 0. The van der Waals surface area contributed by atoms with E-state index in [1.165, 1.54) is 0 Å². The summed E-state index contributed by atoms with van der Waals surface area (Å²) in [6, 6.07) is 1.53. The molecule has 0 aliphatic heterocycles. The Morgan fingerprint density at radius 3 is 2.64 bits per heavy atom. The largest absolute Gasteiger partial charge is 0.305 e. The predicted octanol–water partition coefficient (Wildman–Crippen LogP) is 1.26. The van der Waals surface area contributed by atoms with Gasteiger partial charge in [-0.25, -0.2) is 10.3 Å². The van der Waals surface area contributed by atoms with Gasteiger partial charge in [0.05, 0.1) is 17.1 Å². The number of nitro groups is 1. The van der Waals surface area contributed by atoms with Crippen LogP contribution < -0.4 is 5.90 Å². The van der Waals surface area contributed by atoms with Crippen LogP contribution in [0.5, 0.6) is 0 Å². The quantitative estimate of drug-likeness (QED) is 0.593. The second-order valence-electron chi connectivity index (χ2n) is 2.43. The van der Waals surface area contributed by atoms with Crippen molar-refractivity contribution in [2.75, 3.05) is 0 Å². The molecule has 0 bridgehead atoms. The molecule has 0 aromatic heterocycles. The molecule has 7 heteroatoms. The van der Waals surface area contributed by atoms with E-state index >= 15 is 0 Å². The maximum absolute atomic E-state index is 13.2. The molecule has 0 atom stereocenters. The van der Waals surface area contributed by atoms with E-state index in [0.29, 0.717) is 0 Å². The standard InChI is InChI=1S/C7H6F2N2O3/c8-5-1-2-6(11(12)13)7(9)4(5)3-14-10/h1-2H,3,10H2. The van der Waals surface area contributed by atoms with Gasteiger partial charge in [0.15, 0.2) is 0 Å². The third-order valence-corrected chi connectivity index (χ3v) is 1.59. The molecule has 0 aliphatic carbocycles. The Morgan fingerprint density at radius 2 is 2.14 bits per heavy atom. The minimum Gasteiger partial charge on any atom is -0.300 e. The molecule has 0 fully saturated rings. The zero-order valence-electron chi connectivity index (χ0n) is 6.87. The Bertz CT molecular complexity index is 370. The second kappa shape index (κ2) is 4.07. The third kappa shape index (κ3) is 1.83. The van der Waals surface area contributed by atoms with E-state index in [4.69, 9.17) is 0 Å². The number of rotatable bonds is 3. The Labute approximate surface area is 77.2 Å². The number of hydrogen-bond donors (Lipinski definition) is 1. The lowest BCUT2D eigenvalue weighted by Crippen LogP contribution is -2.06. The highest BCUT2D eigenvalue weighted by Crippen LogP contribution is 2.23. The molecule has 0 radical (unpaired) electrons. The number of benzene rings is 1. The lowest BCUT2D eigenvalue weighted by atomic mass is 10.2. The Hall–Kier alpha value is -1.60. The van der Waals surface area contributed by atoms with Crippen LogP contribution in [0, 0.1) is 21.7 Å². The highest BCUT2D eigenvalue weighted by atomic mass is 19.1. The van der Waals surface area contributed by atoms with Gasteiger partial charge in [0.1, 0.15) is 5.82 Å². The van der Waals surface area contributed by atoms with E-state index in [1.54, 1.807) is 0 Å². The van der Waals surface area contributed by atoms with Crippen molar-refractivity contribution < 1.29 is 18.5 Å². The van der Waals surface area contributed by atoms with Crippen LogP contribution in [0.25, 0.3) is 0 Å². The van der Waals surface area contributed by atoms with Gasteiger partial charge in [-0.2, -0.15) is 4.39 Å². The summed E-state index contributed by atoms with van der Waals surface area (Å²) < 4.78 is 26.0. The summed E-state index contributed by atoms with van der Waals surface area (Å²) in [5, 5.41) is 10.3. The van der Waals surface area contributed by atoms with Crippen LogP contribution in [-0.4, -0.2) is 4.92 Å². The van der Waals surface area contributed by atoms with Gasteiger partial charge in [0, 0.05) is 6.07 Å². The summed E-state index contributed by atoms with van der Waals surface area (Å²) >= 11 is 0. The van der Waals surface area contributed by atoms with Crippen LogP contribution in [0.15, 0.2) is 12.1 Å². The van der Waals surface area contributed by atoms with Gasteiger partial charge in [-0.1, -0.05) is 0 Å². The molecule has 0 amide bonds. The van der Waals surface area contributed by atoms with Crippen molar-refractivity contribution in [1.82, 2.24) is 0 Å². The molecule has 0 saturated carbocycles. The van der Waals surface area contributed by atoms with Crippen molar-refractivity contribution in [1.29, 1.82) is 0 Å². The van der Waals surface area contributed by atoms with Gasteiger partial charge in [-0.3, -0.25) is 15.0 Å². The predicted molar refractivity (Wildman–Crippen MR) is 42.0 cm³/mol. The zero-order chi connectivity index (χ0) is 10.7. The van der Waals surface area contributed by atoms with Crippen molar-refractivity contribution in [3.8, 4) is 0 Å². The summed E-state index contributed by atoms with van der Waals surface area (Å²) in [6.45, 7) is -0.556. The number of nitro benzene ring substituents is 1. The Balaban J connectivity index is 3.26. The van der Waals surface area contributed by atoms with Crippen LogP contribution in [-0.2, 0) is 11.4 Å². The van der Waals surface area contributed by atoms with E-state index in [0.717, 1.165) is 12.1 Å². The minimum atomic E-state index is -1.26. The summed E-state index contributed by atoms with van der Waals surface area (Å²) in [6.07, 6.45) is 0. The molecule has 5 nitrogen and oxygen atoms in total. The van der Waals surface area contributed by atoms with Crippen molar-refractivity contribution in [3.05, 3.63) is 39.4 Å². The first-order chi connectivity index (χ1) is 6.57. The molecule has 0 saturated heterocycles. The molecule has 0 unspecified atom stereocenters. The first-order valence-corrected chi connectivity index (χ1v) is 3.51. The average molecular weight is 204 g/mol. The van der Waals surface area contributed by atoms with Gasteiger partial charge in [0.2, 0.25) is 5.82 Å². The van der Waals surface area contributed by atoms with Crippen LogP contribution >= 0.6 is 0 Å². The smallest absolute Gasteiger partial charge is 0.300 e. The molecule has 0 heterocycles. The number of hydrogen-bond acceptors (Lipinski definition) is 4. The monoisotopic (exact) mass is 204 g/mol. The lowest BCUT2D eigenvalue weighted by Gasteiger charge is -2.02. The normalized spacial score (nSPS) is 10.2. The van der Waals surface area contributed by atoms with Crippen molar-refractivity contribution >= 4 is 5.69 Å². The van der Waals surface area contributed by atoms with Gasteiger partial charge < -0.3 is 0 Å². The van der Waals surface area contributed by atoms with Crippen molar-refractivity contribution in [3.63, 3.8) is 0 Å². The molecule has 1 aromatic carbocycles. The van der Waals surface area contributed by atoms with Gasteiger partial charge in [-0.15, -0.1) is 0 Å². The SMILES string of the molecule is NOCc1c(F)ccc([N+](=O)[O-])c1F. The summed E-state index contributed by atoms with van der Waals surface area (Å²) in [5.74, 6) is 2.43. The highest BCUT2D eigenvalue weighted by Gasteiger charge is 2.20. The fraction of sp³-hybridized carbons (Fsp3) is 0.143. The van der Waals surface area contributed by atoms with Crippen LogP contribution in [0.2, 0.25) is 0 Å². The average Bonchev–Trinajstić information content (AvgIpc) is 2.11. The van der Waals surface area contributed by atoms with E-state index in [2.05, 4.69) is 10.7 Å². The lowest BCUT2D eigenvalue weighted by molar-refractivity contribution is -0.387. The summed E-state index contributed by atoms with van der Waals surface area (Å²) in [5.41, 5.74) is -1.36. The van der Waals surface area contributed by atoms with Gasteiger partial charge in [0.25, 0.3) is 0 Å². The number of halogens is 2. The second-order valence-corrected chi connectivity index (χ2v) is 2.43. The number of nitrogens with two attached hydrogens (primary N) is 1. The van der Waals surface area contributed by atoms with Crippen molar-refractivity contribution in [2.45, 2.75) is 6.61 Å². The molecular weight excluding hydrogens is 198 g/mol. The molecular formula is C7H6F2N2O3. The summed E-state index contributed by atoms with van der Waals surface area (Å²) in [4.78, 5) is 13.3. The molecule has 1 aromatic rings. The molecule has 1 rings (SSSR count). The van der Waals surface area contributed by atoms with Crippen LogP contribution in [0.3, 0.4) is 0 Å². The topological polar surface area (TPSA) is 78.4 Å². The fourth-order valence-corrected chi connectivity index (χ4v) is 0.942. The van der Waals surface area contributed by atoms with E-state index in [-0.39, 0.29) is 0 Å². The first kappa shape index (κ1) is 10.5. The maximum atomic E-state index is 13.2. The molecule has 2 N–H and O–H groups in total. The first-order valence-electron chi connectivity index (χ1n) is 3.51. The third-order valence-electron chi connectivity index (χ3n) is 1.59. The van der Waals surface area contributed by atoms with E-state index < -0.39 is 34.4 Å². The van der Waals surface area contributed by atoms with Crippen molar-refractivity contribution in [2.24, 2.45) is 5.90 Å². The molecule has 0 spiro atoms. The Kier molecular flexibility index (Phi) is 3.05. The highest BCUT2D eigenvalue weighted by molar-refractivity contribution is 5.37.